The molecule has 0 atom stereocenters. The van der Waals surface area contributed by atoms with Gasteiger partial charge in [-0.2, -0.15) is 0 Å². The zero-order chi connectivity index (χ0) is 17.8. The summed E-state index contributed by atoms with van der Waals surface area (Å²) >= 11 is 0. The monoisotopic (exact) mass is 343 g/mol. The molecular weight excluding hydrogens is 314 g/mol. The second-order valence-corrected chi connectivity index (χ2v) is 5.19. The van der Waals surface area contributed by atoms with Crippen LogP contribution < -0.4 is 10.6 Å². The van der Waals surface area contributed by atoms with Crippen LogP contribution in [0.15, 0.2) is 4.99 Å². The highest BCUT2D eigenvalue weighted by Crippen LogP contribution is 2.04. The van der Waals surface area contributed by atoms with Gasteiger partial charge in [-0.3, -0.25) is 4.79 Å². The molecule has 0 aromatic rings. The molecule has 1 rings (SSSR count). The van der Waals surface area contributed by atoms with Gasteiger partial charge in [-0.1, -0.05) is 0 Å². The van der Waals surface area contributed by atoms with Crippen LogP contribution in [0.1, 0.15) is 13.8 Å². The molecule has 2 N–H and O–H groups in total. The van der Waals surface area contributed by atoms with Gasteiger partial charge < -0.3 is 29.9 Å². The fourth-order valence-corrected chi connectivity index (χ4v) is 2.24. The van der Waals surface area contributed by atoms with Crippen LogP contribution in [-0.4, -0.2) is 93.9 Å². The van der Waals surface area contributed by atoms with Crippen molar-refractivity contribution < 1.29 is 19.1 Å². The molecule has 0 unspecified atom stereocenters. The van der Waals surface area contributed by atoms with Gasteiger partial charge in [0.05, 0.1) is 13.2 Å². The highest BCUT2D eigenvalue weighted by atomic mass is 16.6. The molecule has 1 heterocycles. The number of nitrogens with one attached hydrogen (secondary N) is 2. The number of methoxy groups -OCH3 is 1. The first-order valence-corrected chi connectivity index (χ1v) is 8.32. The van der Waals surface area contributed by atoms with E-state index in [0.717, 1.165) is 0 Å². The van der Waals surface area contributed by atoms with Gasteiger partial charge in [-0.25, -0.2) is 9.79 Å². The van der Waals surface area contributed by atoms with Crippen LogP contribution in [0.3, 0.4) is 0 Å². The lowest BCUT2D eigenvalue weighted by atomic mass is 10.3. The summed E-state index contributed by atoms with van der Waals surface area (Å²) in [5.74, 6) is 0.538. The van der Waals surface area contributed by atoms with Crippen molar-refractivity contribution >= 4 is 18.0 Å². The standard InChI is InChI=1S/C15H29N5O4/c1-4-16-14(18-12-13(21)17-6-11-23-3)19-7-9-20(10-8-19)15(22)24-5-2/h4-12H2,1-3H3,(H,16,18)(H,17,21). The number of hydrogen-bond donors (Lipinski definition) is 2. The lowest BCUT2D eigenvalue weighted by molar-refractivity contribution is -0.119. The molecule has 24 heavy (non-hydrogen) atoms. The molecule has 1 saturated heterocycles. The predicted molar refractivity (Wildman–Crippen MR) is 91.0 cm³/mol. The quantitative estimate of drug-likeness (QED) is 0.367. The zero-order valence-corrected chi connectivity index (χ0v) is 14.8. The normalized spacial score (nSPS) is 15.2. The maximum Gasteiger partial charge on any atom is 0.409 e. The number of hydrogen-bond acceptors (Lipinski definition) is 5. The van der Waals surface area contributed by atoms with E-state index in [0.29, 0.717) is 58.4 Å². The minimum absolute atomic E-state index is 0.0597. The fraction of sp³-hybridized carbons (Fsp3) is 0.800. The Balaban J connectivity index is 2.49. The second-order valence-electron chi connectivity index (χ2n) is 5.19. The number of carbonyl (C=O) groups is 2. The maximum absolute atomic E-state index is 11.7. The van der Waals surface area contributed by atoms with Crippen LogP contribution in [0.2, 0.25) is 0 Å². The molecule has 0 aliphatic carbocycles. The Labute approximate surface area is 143 Å². The Kier molecular flexibility index (Phi) is 9.59. The molecule has 138 valence electrons. The predicted octanol–water partition coefficient (Wildman–Crippen LogP) is -0.511. The van der Waals surface area contributed by atoms with Gasteiger partial charge in [0.2, 0.25) is 5.91 Å². The minimum atomic E-state index is -0.281. The number of amides is 2. The van der Waals surface area contributed by atoms with E-state index >= 15 is 0 Å². The van der Waals surface area contributed by atoms with Crippen LogP contribution in [0.5, 0.6) is 0 Å². The second kappa shape index (κ2) is 11.5. The number of guanidine groups is 1. The third-order valence-corrected chi connectivity index (χ3v) is 3.44. The summed E-state index contributed by atoms with van der Waals surface area (Å²) in [7, 11) is 1.59. The lowest BCUT2D eigenvalue weighted by Gasteiger charge is -2.35. The van der Waals surface area contributed by atoms with Gasteiger partial charge >= 0.3 is 6.09 Å². The molecule has 9 nitrogen and oxygen atoms in total. The largest absolute Gasteiger partial charge is 0.450 e. The SMILES string of the molecule is CCNC(=NCC(=O)NCCOC)N1CCN(C(=O)OCC)CC1. The Morgan fingerprint density at radius 3 is 2.33 bits per heavy atom. The number of carbonyl (C=O) groups excluding carboxylic acids is 2. The van der Waals surface area contributed by atoms with Crippen LogP contribution in [0.25, 0.3) is 0 Å². The topological polar surface area (TPSA) is 95.5 Å². The van der Waals surface area contributed by atoms with Crippen LogP contribution in [-0.2, 0) is 14.3 Å². The van der Waals surface area contributed by atoms with Crippen molar-refractivity contribution in [3.05, 3.63) is 0 Å². The van der Waals surface area contributed by atoms with Crippen molar-refractivity contribution in [3.8, 4) is 0 Å². The summed E-state index contributed by atoms with van der Waals surface area (Å²) in [5, 5.41) is 5.91. The van der Waals surface area contributed by atoms with E-state index in [1.807, 2.05) is 11.8 Å². The van der Waals surface area contributed by atoms with Crippen molar-refractivity contribution in [3.63, 3.8) is 0 Å². The van der Waals surface area contributed by atoms with E-state index in [-0.39, 0.29) is 18.5 Å². The van der Waals surface area contributed by atoms with E-state index < -0.39 is 0 Å². The van der Waals surface area contributed by atoms with E-state index in [2.05, 4.69) is 15.6 Å². The fourth-order valence-electron chi connectivity index (χ4n) is 2.24. The van der Waals surface area contributed by atoms with Crippen LogP contribution in [0, 0.1) is 0 Å². The first-order chi connectivity index (χ1) is 11.6. The average molecular weight is 343 g/mol. The molecule has 9 heteroatoms. The first kappa shape index (κ1) is 20.0. The smallest absolute Gasteiger partial charge is 0.409 e. The van der Waals surface area contributed by atoms with E-state index in [1.54, 1.807) is 18.9 Å². The van der Waals surface area contributed by atoms with E-state index in [4.69, 9.17) is 9.47 Å². The molecule has 0 aromatic heterocycles. The van der Waals surface area contributed by atoms with Crippen molar-refractivity contribution in [2.75, 3.05) is 66.1 Å². The number of piperazine rings is 1. The van der Waals surface area contributed by atoms with Crippen molar-refractivity contribution in [2.45, 2.75) is 13.8 Å². The molecule has 2 amide bonds. The van der Waals surface area contributed by atoms with E-state index in [9.17, 15) is 9.59 Å². The summed E-state index contributed by atoms with van der Waals surface area (Å²) in [5.41, 5.74) is 0. The molecule has 0 saturated carbocycles. The minimum Gasteiger partial charge on any atom is -0.450 e. The Bertz CT molecular complexity index is 422. The van der Waals surface area contributed by atoms with Crippen LogP contribution >= 0.6 is 0 Å². The van der Waals surface area contributed by atoms with Crippen molar-refractivity contribution in [1.29, 1.82) is 0 Å². The number of aliphatic imine (C=N–C) groups is 1. The molecule has 1 aliphatic rings. The summed E-state index contributed by atoms with van der Waals surface area (Å²) in [6.07, 6.45) is -0.281. The highest BCUT2D eigenvalue weighted by Gasteiger charge is 2.23. The van der Waals surface area contributed by atoms with Crippen LogP contribution in [0.4, 0.5) is 4.79 Å². The lowest BCUT2D eigenvalue weighted by Crippen LogP contribution is -2.54. The van der Waals surface area contributed by atoms with Gasteiger partial charge in [0.25, 0.3) is 0 Å². The number of ether oxygens (including phenoxy) is 2. The molecular formula is C15H29N5O4. The van der Waals surface area contributed by atoms with Crippen molar-refractivity contribution in [2.24, 2.45) is 4.99 Å². The molecule has 1 fully saturated rings. The molecule has 0 aromatic carbocycles. The van der Waals surface area contributed by atoms with Gasteiger partial charge in [-0.05, 0) is 13.8 Å². The molecule has 0 radical (unpaired) electrons. The van der Waals surface area contributed by atoms with Crippen molar-refractivity contribution in [1.82, 2.24) is 20.4 Å². The Morgan fingerprint density at radius 1 is 1.08 bits per heavy atom. The maximum atomic E-state index is 11.7. The molecule has 1 aliphatic heterocycles. The summed E-state index contributed by atoms with van der Waals surface area (Å²) in [6, 6.07) is 0. The Morgan fingerprint density at radius 2 is 1.75 bits per heavy atom. The van der Waals surface area contributed by atoms with Gasteiger partial charge in [0, 0.05) is 46.4 Å². The number of nitrogens with zero attached hydrogens (tertiary/aromatic N) is 3. The van der Waals surface area contributed by atoms with Gasteiger partial charge in [0.15, 0.2) is 5.96 Å². The third-order valence-electron chi connectivity index (χ3n) is 3.44. The molecule has 0 bridgehead atoms. The molecule has 0 spiro atoms. The zero-order valence-electron chi connectivity index (χ0n) is 14.8. The average Bonchev–Trinajstić information content (AvgIpc) is 2.59. The number of rotatable bonds is 7. The highest BCUT2D eigenvalue weighted by molar-refractivity contribution is 5.85. The first-order valence-electron chi connectivity index (χ1n) is 8.32. The summed E-state index contributed by atoms with van der Waals surface area (Å²) in [6.45, 7) is 8.31. The van der Waals surface area contributed by atoms with Gasteiger partial charge in [0.1, 0.15) is 6.54 Å². The summed E-state index contributed by atoms with van der Waals surface area (Å²) < 4.78 is 9.89. The Hall–Kier alpha value is -2.03. The van der Waals surface area contributed by atoms with E-state index in [1.165, 1.54) is 0 Å². The third kappa shape index (κ3) is 7.03. The summed E-state index contributed by atoms with van der Waals surface area (Å²) in [4.78, 5) is 31.5. The van der Waals surface area contributed by atoms with Gasteiger partial charge in [-0.15, -0.1) is 0 Å².